The number of likely N-dealkylation sites (N-methyl/N-ethyl adjacent to an activating group) is 1. The van der Waals surface area contributed by atoms with Gasteiger partial charge in [-0.15, -0.1) is 0 Å². The molecular weight excluding hydrogens is 248 g/mol. The van der Waals surface area contributed by atoms with Gasteiger partial charge in [0.05, 0.1) is 0 Å². The first-order chi connectivity index (χ1) is 9.80. The van der Waals surface area contributed by atoms with Crippen LogP contribution in [-0.2, 0) is 6.42 Å². The Balaban J connectivity index is 2.02. The molecule has 1 aliphatic carbocycles. The lowest BCUT2D eigenvalue weighted by Gasteiger charge is -2.27. The molecule has 3 heteroatoms. The maximum atomic E-state index is 6.06. The zero-order valence-corrected chi connectivity index (χ0v) is 13.1. The smallest absolute Gasteiger partial charge is 0.122 e. The predicted molar refractivity (Wildman–Crippen MR) is 84.5 cm³/mol. The van der Waals surface area contributed by atoms with Gasteiger partial charge in [-0.1, -0.05) is 26.0 Å². The second kappa shape index (κ2) is 7.65. The van der Waals surface area contributed by atoms with E-state index in [1.807, 2.05) is 7.05 Å². The van der Waals surface area contributed by atoms with Crippen molar-refractivity contribution >= 4 is 0 Å². The van der Waals surface area contributed by atoms with Crippen LogP contribution in [0.2, 0.25) is 0 Å². The van der Waals surface area contributed by atoms with Crippen LogP contribution in [0.25, 0.3) is 0 Å². The topological polar surface area (TPSA) is 24.5 Å². The van der Waals surface area contributed by atoms with Crippen molar-refractivity contribution in [3.63, 3.8) is 0 Å². The van der Waals surface area contributed by atoms with Gasteiger partial charge in [0.15, 0.2) is 0 Å². The third-order valence-electron chi connectivity index (χ3n) is 4.37. The normalized spacial score (nSPS) is 18.1. The zero-order valence-electron chi connectivity index (χ0n) is 13.1. The number of fused-ring (bicyclic) bond motifs is 1. The summed E-state index contributed by atoms with van der Waals surface area (Å²) < 4.78 is 6.06. The third-order valence-corrected chi connectivity index (χ3v) is 4.37. The Hall–Kier alpha value is -1.06. The minimum Gasteiger partial charge on any atom is -0.492 e. The molecule has 1 N–H and O–H groups in total. The van der Waals surface area contributed by atoms with Crippen molar-refractivity contribution in [2.75, 3.05) is 33.3 Å². The second-order valence-electron chi connectivity index (χ2n) is 5.43. The first-order valence-corrected chi connectivity index (χ1v) is 7.94. The van der Waals surface area contributed by atoms with Crippen molar-refractivity contribution in [2.24, 2.45) is 0 Å². The highest BCUT2D eigenvalue weighted by Crippen LogP contribution is 2.35. The third kappa shape index (κ3) is 3.53. The van der Waals surface area contributed by atoms with E-state index < -0.39 is 0 Å². The Morgan fingerprint density at radius 2 is 2.10 bits per heavy atom. The molecule has 0 spiro atoms. The van der Waals surface area contributed by atoms with Crippen molar-refractivity contribution in [2.45, 2.75) is 39.2 Å². The molecule has 0 aliphatic heterocycles. The van der Waals surface area contributed by atoms with Crippen molar-refractivity contribution in [1.29, 1.82) is 0 Å². The lowest BCUT2D eigenvalue weighted by molar-refractivity contribution is 0.221. The van der Waals surface area contributed by atoms with Crippen LogP contribution in [0.4, 0.5) is 0 Å². The van der Waals surface area contributed by atoms with Crippen LogP contribution < -0.4 is 10.1 Å². The SMILES string of the molecule is CCN(CC)CCOc1cccc2c1CCCC2NC. The molecule has 112 valence electrons. The average Bonchev–Trinajstić information content (AvgIpc) is 2.51. The van der Waals surface area contributed by atoms with Crippen LogP contribution in [-0.4, -0.2) is 38.2 Å². The highest BCUT2D eigenvalue weighted by Gasteiger charge is 2.21. The summed E-state index contributed by atoms with van der Waals surface area (Å²) >= 11 is 0. The molecule has 0 saturated heterocycles. The fraction of sp³-hybridized carbons (Fsp3) is 0.647. The number of rotatable bonds is 7. The monoisotopic (exact) mass is 276 g/mol. The predicted octanol–water partition coefficient (Wildman–Crippen LogP) is 3.00. The molecule has 0 heterocycles. The molecule has 1 aromatic rings. The lowest BCUT2D eigenvalue weighted by atomic mass is 9.87. The molecule has 0 aromatic heterocycles. The van der Waals surface area contributed by atoms with Gasteiger partial charge in [0.2, 0.25) is 0 Å². The molecular formula is C17H28N2O. The quantitative estimate of drug-likeness (QED) is 0.828. The van der Waals surface area contributed by atoms with Gasteiger partial charge in [-0.25, -0.2) is 0 Å². The number of nitrogens with zero attached hydrogens (tertiary/aromatic N) is 1. The Labute approximate surface area is 123 Å². The molecule has 0 amide bonds. The summed E-state index contributed by atoms with van der Waals surface area (Å²) in [5, 5.41) is 3.42. The summed E-state index contributed by atoms with van der Waals surface area (Å²) in [6.07, 6.45) is 3.62. The van der Waals surface area contributed by atoms with E-state index in [1.165, 1.54) is 24.0 Å². The van der Waals surface area contributed by atoms with Crippen LogP contribution in [0.15, 0.2) is 18.2 Å². The van der Waals surface area contributed by atoms with Gasteiger partial charge < -0.3 is 15.0 Å². The second-order valence-corrected chi connectivity index (χ2v) is 5.43. The van der Waals surface area contributed by atoms with Gasteiger partial charge in [0.25, 0.3) is 0 Å². The van der Waals surface area contributed by atoms with Crippen LogP contribution in [0.5, 0.6) is 5.75 Å². The number of hydrogen-bond donors (Lipinski definition) is 1. The Kier molecular flexibility index (Phi) is 5.86. The first kappa shape index (κ1) is 15.3. The Morgan fingerprint density at radius 1 is 1.30 bits per heavy atom. The highest BCUT2D eigenvalue weighted by molar-refractivity contribution is 5.43. The van der Waals surface area contributed by atoms with Gasteiger partial charge in [0.1, 0.15) is 12.4 Å². The number of ether oxygens (including phenoxy) is 1. The van der Waals surface area contributed by atoms with E-state index in [9.17, 15) is 0 Å². The van der Waals surface area contributed by atoms with E-state index in [1.54, 1.807) is 0 Å². The summed E-state index contributed by atoms with van der Waals surface area (Å²) in [6, 6.07) is 6.98. The molecule has 1 aliphatic rings. The van der Waals surface area contributed by atoms with Gasteiger partial charge in [-0.05, 0) is 56.6 Å². The first-order valence-electron chi connectivity index (χ1n) is 7.94. The van der Waals surface area contributed by atoms with Gasteiger partial charge in [0, 0.05) is 12.6 Å². The summed E-state index contributed by atoms with van der Waals surface area (Å²) in [4.78, 5) is 2.39. The minimum absolute atomic E-state index is 0.491. The van der Waals surface area contributed by atoms with Crippen LogP contribution in [0.1, 0.15) is 43.9 Å². The Morgan fingerprint density at radius 3 is 2.80 bits per heavy atom. The van der Waals surface area contributed by atoms with E-state index in [4.69, 9.17) is 4.74 Å². The summed E-state index contributed by atoms with van der Waals surface area (Å²) in [5.74, 6) is 1.09. The van der Waals surface area contributed by atoms with E-state index in [0.717, 1.165) is 38.4 Å². The standard InChI is InChI=1S/C17H28N2O/c1-4-19(5-2)12-13-20-17-11-7-8-14-15(17)9-6-10-16(14)18-3/h7-8,11,16,18H,4-6,9-10,12-13H2,1-3H3. The fourth-order valence-corrected chi connectivity index (χ4v) is 3.07. The molecule has 0 saturated carbocycles. The van der Waals surface area contributed by atoms with Crippen LogP contribution in [0, 0.1) is 0 Å². The average molecular weight is 276 g/mol. The van der Waals surface area contributed by atoms with Crippen molar-refractivity contribution in [3.8, 4) is 5.75 Å². The molecule has 2 rings (SSSR count). The largest absolute Gasteiger partial charge is 0.492 e. The maximum Gasteiger partial charge on any atom is 0.122 e. The van der Waals surface area contributed by atoms with E-state index in [0.29, 0.717) is 6.04 Å². The molecule has 0 bridgehead atoms. The molecule has 0 fully saturated rings. The zero-order chi connectivity index (χ0) is 14.4. The molecule has 1 atom stereocenters. The fourth-order valence-electron chi connectivity index (χ4n) is 3.07. The van der Waals surface area contributed by atoms with E-state index in [2.05, 4.69) is 42.3 Å². The molecule has 0 radical (unpaired) electrons. The number of nitrogens with one attached hydrogen (secondary N) is 1. The van der Waals surface area contributed by atoms with Gasteiger partial charge >= 0.3 is 0 Å². The van der Waals surface area contributed by atoms with Gasteiger partial charge in [-0.2, -0.15) is 0 Å². The maximum absolute atomic E-state index is 6.06. The van der Waals surface area contributed by atoms with Crippen LogP contribution >= 0.6 is 0 Å². The van der Waals surface area contributed by atoms with Gasteiger partial charge in [-0.3, -0.25) is 0 Å². The highest BCUT2D eigenvalue weighted by atomic mass is 16.5. The van der Waals surface area contributed by atoms with Crippen LogP contribution in [0.3, 0.4) is 0 Å². The van der Waals surface area contributed by atoms with Crippen molar-refractivity contribution in [1.82, 2.24) is 10.2 Å². The summed E-state index contributed by atoms with van der Waals surface area (Å²) in [5.41, 5.74) is 2.84. The number of benzene rings is 1. The summed E-state index contributed by atoms with van der Waals surface area (Å²) in [6.45, 7) is 8.37. The molecule has 20 heavy (non-hydrogen) atoms. The van der Waals surface area contributed by atoms with E-state index >= 15 is 0 Å². The molecule has 1 unspecified atom stereocenters. The van der Waals surface area contributed by atoms with Crippen molar-refractivity contribution < 1.29 is 4.74 Å². The molecule has 3 nitrogen and oxygen atoms in total. The van der Waals surface area contributed by atoms with E-state index in [-0.39, 0.29) is 0 Å². The van der Waals surface area contributed by atoms with Crippen molar-refractivity contribution in [3.05, 3.63) is 29.3 Å². The number of hydrogen-bond acceptors (Lipinski definition) is 3. The minimum atomic E-state index is 0.491. The Bertz CT molecular complexity index is 415. The molecule has 1 aromatic carbocycles. The lowest BCUT2D eigenvalue weighted by Crippen LogP contribution is -2.28. The summed E-state index contributed by atoms with van der Waals surface area (Å²) in [7, 11) is 2.05.